The summed E-state index contributed by atoms with van der Waals surface area (Å²) in [6.07, 6.45) is 21.4. The zero-order valence-electron chi connectivity index (χ0n) is 37.5. The molecule has 12 heteroatoms. The van der Waals surface area contributed by atoms with Gasteiger partial charge in [-0.15, -0.1) is 0 Å². The van der Waals surface area contributed by atoms with Crippen LogP contribution in [0.4, 0.5) is 0 Å². The lowest BCUT2D eigenvalue weighted by Crippen LogP contribution is -2.91. The average molecular weight is 841 g/mol. The summed E-state index contributed by atoms with van der Waals surface area (Å²) in [5.41, 5.74) is 14.2. The maximum Gasteiger partial charge on any atom is 0.350 e. The summed E-state index contributed by atoms with van der Waals surface area (Å²) in [6.45, 7) is 6.87. The van der Waals surface area contributed by atoms with Crippen LogP contribution >= 0.6 is 0 Å². The van der Waals surface area contributed by atoms with Crippen LogP contribution in [0.25, 0.3) is 0 Å². The molecule has 0 aliphatic rings. The number of carbonyl (C=O) groups excluding carboxylic acids is 4. The summed E-state index contributed by atoms with van der Waals surface area (Å²) in [5.74, 6) is -4.07. The van der Waals surface area contributed by atoms with Crippen molar-refractivity contribution in [3.8, 4) is 5.75 Å². The minimum atomic E-state index is -2.90. The van der Waals surface area contributed by atoms with E-state index in [-0.39, 0.29) is 37.4 Å². The normalized spacial score (nSPS) is 14.1. The van der Waals surface area contributed by atoms with Crippen molar-refractivity contribution in [2.24, 2.45) is 17.2 Å². The van der Waals surface area contributed by atoms with Gasteiger partial charge in [0, 0.05) is 13.5 Å². The number of para-hydroxylation sites is 1. The van der Waals surface area contributed by atoms with Crippen molar-refractivity contribution < 1.29 is 38.9 Å². The monoisotopic (exact) mass is 841 g/mol. The third-order valence-electron chi connectivity index (χ3n) is 11.5. The van der Waals surface area contributed by atoms with E-state index in [1.54, 1.807) is 49.4 Å². The van der Waals surface area contributed by atoms with Gasteiger partial charge < -0.3 is 36.1 Å². The number of ether oxygens (including phenoxy) is 3. The molecule has 8 N–H and O–H groups in total. The predicted octanol–water partition coefficient (Wildman–Crippen LogP) is 8.59. The van der Waals surface area contributed by atoms with E-state index in [9.17, 15) is 19.2 Å². The average Bonchev–Trinajstić information content (AvgIpc) is 3.23. The molecule has 1 amide bonds. The Morgan fingerprint density at radius 2 is 0.983 bits per heavy atom. The molecule has 0 saturated carbocycles. The van der Waals surface area contributed by atoms with Gasteiger partial charge in [0.2, 0.25) is 11.6 Å². The van der Waals surface area contributed by atoms with E-state index < -0.39 is 40.6 Å². The van der Waals surface area contributed by atoms with E-state index in [0.29, 0.717) is 24.8 Å². The number of nitrogens with two attached hydrogens (primary N) is 3. The number of hydrogen-bond donors (Lipinski definition) is 3. The molecular formula is C48H80N4O8. The second kappa shape index (κ2) is 30.2. The lowest BCUT2D eigenvalue weighted by atomic mass is 9.65. The SMILES string of the molecule is CCCCCCCCCCCCCC(N)(C(=O)OCC)C(N)(C(=O)Oc1ccccc1)C(N)(C(=O)OCc1ccccc1)N(CCCCCCCCCCCC)C(C)=O.O. The van der Waals surface area contributed by atoms with Crippen molar-refractivity contribution in [1.29, 1.82) is 0 Å². The molecule has 0 spiro atoms. The van der Waals surface area contributed by atoms with Gasteiger partial charge in [-0.25, -0.2) is 14.4 Å². The minimum absolute atomic E-state index is 0. The number of benzene rings is 2. The molecule has 0 saturated heterocycles. The van der Waals surface area contributed by atoms with Crippen LogP contribution in [-0.2, 0) is 35.3 Å². The highest BCUT2D eigenvalue weighted by molar-refractivity contribution is 6.04. The molecule has 0 aliphatic carbocycles. The fourth-order valence-electron chi connectivity index (χ4n) is 7.80. The lowest BCUT2D eigenvalue weighted by Gasteiger charge is -2.53. The maximum atomic E-state index is 14.9. The van der Waals surface area contributed by atoms with Crippen LogP contribution in [0.5, 0.6) is 5.75 Å². The summed E-state index contributed by atoms with van der Waals surface area (Å²) in [5, 5.41) is 0. The van der Waals surface area contributed by atoms with Crippen LogP contribution in [0.1, 0.15) is 175 Å². The molecule has 0 bridgehead atoms. The number of nitrogens with zero attached hydrogens (tertiary/aromatic N) is 1. The Morgan fingerprint density at radius 3 is 1.43 bits per heavy atom. The Kier molecular flexibility index (Phi) is 27.3. The maximum absolute atomic E-state index is 14.9. The van der Waals surface area contributed by atoms with Gasteiger partial charge in [-0.3, -0.25) is 10.5 Å². The van der Waals surface area contributed by atoms with Crippen molar-refractivity contribution in [2.75, 3.05) is 13.2 Å². The molecule has 0 aromatic heterocycles. The fourth-order valence-corrected chi connectivity index (χ4v) is 7.80. The Labute approximate surface area is 361 Å². The molecule has 0 heterocycles. The first-order valence-electron chi connectivity index (χ1n) is 22.7. The summed E-state index contributed by atoms with van der Waals surface area (Å²) >= 11 is 0. The quantitative estimate of drug-likeness (QED) is 0.0270. The molecule has 2 rings (SSSR count). The molecule has 2 aromatic rings. The van der Waals surface area contributed by atoms with Crippen molar-refractivity contribution in [3.63, 3.8) is 0 Å². The van der Waals surface area contributed by atoms with Crippen LogP contribution < -0.4 is 21.9 Å². The molecule has 0 fully saturated rings. The second-order valence-electron chi connectivity index (χ2n) is 16.2. The van der Waals surface area contributed by atoms with Gasteiger partial charge in [-0.2, -0.15) is 0 Å². The summed E-state index contributed by atoms with van der Waals surface area (Å²) in [7, 11) is 0. The lowest BCUT2D eigenvalue weighted by molar-refractivity contribution is -0.186. The summed E-state index contributed by atoms with van der Waals surface area (Å²) < 4.78 is 17.3. The summed E-state index contributed by atoms with van der Waals surface area (Å²) in [6, 6.07) is 17.0. The Balaban J connectivity index is 0.0000180. The number of unbranched alkanes of at least 4 members (excludes halogenated alkanes) is 19. The minimum Gasteiger partial charge on any atom is -0.465 e. The molecule has 12 nitrogen and oxygen atoms in total. The smallest absolute Gasteiger partial charge is 0.350 e. The molecular weight excluding hydrogens is 761 g/mol. The van der Waals surface area contributed by atoms with Gasteiger partial charge in [-0.05, 0) is 37.5 Å². The van der Waals surface area contributed by atoms with Gasteiger partial charge in [0.1, 0.15) is 17.9 Å². The predicted molar refractivity (Wildman–Crippen MR) is 240 cm³/mol. The molecule has 0 aliphatic heterocycles. The highest BCUT2D eigenvalue weighted by Gasteiger charge is 2.74. The van der Waals surface area contributed by atoms with E-state index in [1.807, 2.05) is 6.07 Å². The highest BCUT2D eigenvalue weighted by Crippen LogP contribution is 2.39. The van der Waals surface area contributed by atoms with E-state index in [2.05, 4.69) is 13.8 Å². The van der Waals surface area contributed by atoms with Gasteiger partial charge in [0.05, 0.1) is 6.61 Å². The second-order valence-corrected chi connectivity index (χ2v) is 16.2. The highest BCUT2D eigenvalue weighted by atomic mass is 16.6. The van der Waals surface area contributed by atoms with E-state index >= 15 is 0 Å². The number of hydrogen-bond acceptors (Lipinski definition) is 10. The third-order valence-corrected chi connectivity index (χ3v) is 11.5. The molecule has 3 unspecified atom stereocenters. The molecule has 3 atom stereocenters. The topological polar surface area (TPSA) is 209 Å². The Morgan fingerprint density at radius 1 is 0.550 bits per heavy atom. The first-order valence-corrected chi connectivity index (χ1v) is 22.7. The largest absolute Gasteiger partial charge is 0.465 e. The number of rotatable bonds is 33. The standard InChI is InChI=1S/C48H78N4O7.H2O/c1-5-8-10-12-14-16-18-19-21-23-31-37-46(49,43(54)57-7-3)47(50,44(55)59-42-35-29-26-30-36-42)48(51,45(56)58-39-41-33-27-25-28-34-41)52(40(4)53)38-32-24-22-20-17-15-13-11-9-6-2;/h25-30,33-36H,5-24,31-32,37-39,49-51H2,1-4H3;1H2. The molecule has 340 valence electrons. The van der Waals surface area contributed by atoms with Crippen LogP contribution in [-0.4, -0.2) is 64.1 Å². The van der Waals surface area contributed by atoms with Crippen molar-refractivity contribution in [2.45, 2.75) is 192 Å². The summed E-state index contributed by atoms with van der Waals surface area (Å²) in [4.78, 5) is 59.0. The van der Waals surface area contributed by atoms with Gasteiger partial charge in [0.15, 0.2) is 5.54 Å². The van der Waals surface area contributed by atoms with E-state index in [4.69, 9.17) is 31.4 Å². The van der Waals surface area contributed by atoms with E-state index in [0.717, 1.165) is 56.3 Å². The van der Waals surface area contributed by atoms with Gasteiger partial charge in [-0.1, -0.05) is 191 Å². The first kappa shape index (κ1) is 54.2. The van der Waals surface area contributed by atoms with Crippen molar-refractivity contribution in [1.82, 2.24) is 4.90 Å². The van der Waals surface area contributed by atoms with Crippen LogP contribution in [0.2, 0.25) is 0 Å². The number of carbonyl (C=O) groups is 4. The Hall–Kier alpha value is -3.84. The van der Waals surface area contributed by atoms with Crippen LogP contribution in [0.3, 0.4) is 0 Å². The molecule has 0 radical (unpaired) electrons. The molecule has 60 heavy (non-hydrogen) atoms. The number of esters is 3. The van der Waals surface area contributed by atoms with Crippen molar-refractivity contribution >= 4 is 23.8 Å². The number of amides is 1. The van der Waals surface area contributed by atoms with Gasteiger partial charge in [0.25, 0.3) is 0 Å². The first-order chi connectivity index (χ1) is 28.4. The molecule has 2 aromatic carbocycles. The van der Waals surface area contributed by atoms with E-state index in [1.165, 1.54) is 83.3 Å². The van der Waals surface area contributed by atoms with Crippen molar-refractivity contribution in [3.05, 3.63) is 66.2 Å². The Bertz CT molecular complexity index is 1480. The zero-order chi connectivity index (χ0) is 43.4. The zero-order valence-corrected chi connectivity index (χ0v) is 37.5. The van der Waals surface area contributed by atoms with Gasteiger partial charge >= 0.3 is 17.9 Å². The van der Waals surface area contributed by atoms with Crippen LogP contribution in [0, 0.1) is 0 Å². The van der Waals surface area contributed by atoms with Crippen LogP contribution in [0.15, 0.2) is 60.7 Å². The third kappa shape index (κ3) is 16.6. The fraction of sp³-hybridized carbons (Fsp3) is 0.667.